The number of nitro groups is 1. The van der Waals surface area contributed by atoms with Gasteiger partial charge in [0.2, 0.25) is 5.91 Å². The van der Waals surface area contributed by atoms with E-state index in [9.17, 15) is 19.7 Å². The van der Waals surface area contributed by atoms with Crippen LogP contribution in [0.5, 0.6) is 6.01 Å². The first-order valence-electron chi connectivity index (χ1n) is 11.7. The number of carbonyl (C=O) groups is 2. The van der Waals surface area contributed by atoms with E-state index in [0.717, 1.165) is 0 Å². The predicted octanol–water partition coefficient (Wildman–Crippen LogP) is 2.43. The monoisotopic (exact) mass is 526 g/mol. The van der Waals surface area contributed by atoms with Gasteiger partial charge in [0, 0.05) is 35.4 Å². The molecule has 13 nitrogen and oxygen atoms in total. The number of halogens is 1. The number of nitrogens with one attached hydrogen (secondary N) is 1. The van der Waals surface area contributed by atoms with Crippen molar-refractivity contribution in [3.63, 3.8) is 0 Å². The van der Waals surface area contributed by atoms with Crippen molar-refractivity contribution in [2.45, 2.75) is 32.3 Å². The lowest BCUT2D eigenvalue weighted by molar-refractivity contribution is -0.389. The Bertz CT molecular complexity index is 1400. The summed E-state index contributed by atoms with van der Waals surface area (Å²) < 4.78 is 33.2. The Hall–Kier alpha value is -4.59. The molecule has 38 heavy (non-hydrogen) atoms. The number of rotatable bonds is 8. The lowest BCUT2D eigenvalue weighted by atomic mass is 10.0. The molecule has 1 saturated heterocycles. The van der Waals surface area contributed by atoms with E-state index in [1.54, 1.807) is 24.4 Å². The lowest BCUT2D eigenvalue weighted by Crippen LogP contribution is -2.33. The van der Waals surface area contributed by atoms with Crippen LogP contribution in [0, 0.1) is 15.9 Å². The summed E-state index contributed by atoms with van der Waals surface area (Å²) in [5.41, 5.74) is 1.85. The van der Waals surface area contributed by atoms with Crippen LogP contribution in [-0.4, -0.2) is 63.4 Å². The highest BCUT2D eigenvalue weighted by molar-refractivity contribution is 5.90. The molecule has 2 aliphatic rings. The van der Waals surface area contributed by atoms with Gasteiger partial charge in [0.05, 0.1) is 31.9 Å². The van der Waals surface area contributed by atoms with Crippen LogP contribution in [0.3, 0.4) is 0 Å². The van der Waals surface area contributed by atoms with Gasteiger partial charge in [-0.2, -0.15) is 0 Å². The largest absolute Gasteiger partial charge is 0.443 e. The molecule has 0 radical (unpaired) electrons. The van der Waals surface area contributed by atoms with Crippen LogP contribution in [0.25, 0.3) is 11.1 Å². The fourth-order valence-corrected chi connectivity index (χ4v) is 4.19. The fraction of sp³-hybridized carbons (Fsp3) is 0.333. The fourth-order valence-electron chi connectivity index (χ4n) is 4.19. The van der Waals surface area contributed by atoms with Crippen molar-refractivity contribution in [3.8, 4) is 17.1 Å². The Balaban J connectivity index is 1.22. The van der Waals surface area contributed by atoms with Crippen molar-refractivity contribution in [1.82, 2.24) is 19.9 Å². The van der Waals surface area contributed by atoms with Gasteiger partial charge in [0.25, 0.3) is 0 Å². The van der Waals surface area contributed by atoms with E-state index in [1.165, 1.54) is 34.9 Å². The minimum atomic E-state index is -0.613. The first-order chi connectivity index (χ1) is 18.3. The van der Waals surface area contributed by atoms with Crippen LogP contribution >= 0.6 is 0 Å². The molecular formula is C24H23FN6O7. The molecule has 0 spiro atoms. The summed E-state index contributed by atoms with van der Waals surface area (Å²) in [6.07, 6.45) is 2.91. The number of aromatic nitrogens is 3. The summed E-state index contributed by atoms with van der Waals surface area (Å²) in [6, 6.07) is 6.34. The number of nitrogens with zero attached hydrogens (tertiary/aromatic N) is 5. The van der Waals surface area contributed by atoms with Gasteiger partial charge in [-0.15, -0.1) is 0 Å². The molecule has 2 amide bonds. The summed E-state index contributed by atoms with van der Waals surface area (Å²) >= 11 is 0. The second kappa shape index (κ2) is 10.4. The molecule has 4 heterocycles. The summed E-state index contributed by atoms with van der Waals surface area (Å²) in [6.45, 7) is 2.41. The smallest absolute Gasteiger partial charge is 0.414 e. The molecule has 3 aromatic rings. The standard InChI is InChI=1S/C24H23FN6O7/c1-14(32)27-8-18-10-30(24(33)38-18)17-2-3-20(21(25)5-17)16-4-15(6-26-7-16)12-36-19-9-29-11-22(31(34)35)28-23(29)37-13-19/h2-7,11,18-19H,8-10,12-13H2,1H3,(H,27,32)/t18-,19-/m0/s1. The quantitative estimate of drug-likeness (QED) is 0.345. The third-order valence-corrected chi connectivity index (χ3v) is 6.02. The van der Waals surface area contributed by atoms with Crippen LogP contribution in [0.1, 0.15) is 12.5 Å². The molecule has 0 aliphatic carbocycles. The number of cyclic esters (lactones) is 1. The van der Waals surface area contributed by atoms with Gasteiger partial charge in [0.15, 0.2) is 0 Å². The number of anilines is 1. The maximum atomic E-state index is 15.1. The third-order valence-electron chi connectivity index (χ3n) is 6.02. The Morgan fingerprint density at radius 1 is 1.32 bits per heavy atom. The van der Waals surface area contributed by atoms with Gasteiger partial charge >= 0.3 is 17.9 Å². The first-order valence-corrected chi connectivity index (χ1v) is 11.7. The second-order valence-electron chi connectivity index (χ2n) is 8.83. The van der Waals surface area contributed by atoms with Crippen molar-refractivity contribution >= 4 is 23.5 Å². The van der Waals surface area contributed by atoms with E-state index >= 15 is 4.39 Å². The van der Waals surface area contributed by atoms with E-state index in [1.807, 2.05) is 0 Å². The van der Waals surface area contributed by atoms with Crippen LogP contribution in [-0.2, 0) is 27.4 Å². The molecule has 2 aliphatic heterocycles. The van der Waals surface area contributed by atoms with Gasteiger partial charge in [-0.3, -0.25) is 19.2 Å². The highest BCUT2D eigenvalue weighted by Crippen LogP contribution is 2.29. The SMILES string of the molecule is CC(=O)NC[C@H]1CN(c2ccc(-c3cncc(CO[C@@H]4COc5nc([N+](=O)[O-])cn5C4)c3)c(F)c2)C(=O)O1. The highest BCUT2D eigenvalue weighted by atomic mass is 19.1. The number of hydrogen-bond donors (Lipinski definition) is 1. The second-order valence-corrected chi connectivity index (χ2v) is 8.83. The van der Waals surface area contributed by atoms with Gasteiger partial charge < -0.3 is 29.6 Å². The number of carbonyl (C=O) groups excluding carboxylic acids is 2. The van der Waals surface area contributed by atoms with E-state index in [4.69, 9.17) is 14.2 Å². The lowest BCUT2D eigenvalue weighted by Gasteiger charge is -2.22. The van der Waals surface area contributed by atoms with Gasteiger partial charge in [-0.05, 0) is 34.8 Å². The van der Waals surface area contributed by atoms with Crippen molar-refractivity contribution in [3.05, 3.63) is 64.4 Å². The molecule has 1 aromatic carbocycles. The average molecular weight is 526 g/mol. The zero-order chi connectivity index (χ0) is 26.8. The Morgan fingerprint density at radius 2 is 2.16 bits per heavy atom. The summed E-state index contributed by atoms with van der Waals surface area (Å²) in [5, 5.41) is 13.5. The maximum Gasteiger partial charge on any atom is 0.414 e. The minimum Gasteiger partial charge on any atom is -0.443 e. The maximum absolute atomic E-state index is 15.1. The summed E-state index contributed by atoms with van der Waals surface area (Å²) in [4.78, 5) is 43.0. The number of pyridine rings is 1. The number of amides is 2. The van der Waals surface area contributed by atoms with Crippen molar-refractivity contribution in [1.29, 1.82) is 0 Å². The molecule has 2 aromatic heterocycles. The van der Waals surface area contributed by atoms with E-state index < -0.39 is 22.9 Å². The van der Waals surface area contributed by atoms with E-state index in [-0.39, 0.29) is 50.1 Å². The number of ether oxygens (including phenoxy) is 3. The molecule has 198 valence electrons. The number of fused-ring (bicyclic) bond motifs is 1. The van der Waals surface area contributed by atoms with Crippen LogP contribution in [0.15, 0.2) is 42.9 Å². The molecule has 0 unspecified atom stereocenters. The zero-order valence-electron chi connectivity index (χ0n) is 20.2. The highest BCUT2D eigenvalue weighted by Gasteiger charge is 2.33. The van der Waals surface area contributed by atoms with Crippen molar-refractivity contribution in [2.24, 2.45) is 0 Å². The van der Waals surface area contributed by atoms with Crippen molar-refractivity contribution < 1.29 is 33.1 Å². The molecular weight excluding hydrogens is 503 g/mol. The van der Waals surface area contributed by atoms with E-state index in [2.05, 4.69) is 15.3 Å². The molecule has 2 atom stereocenters. The molecule has 1 fully saturated rings. The van der Waals surface area contributed by atoms with Crippen LogP contribution in [0.4, 0.5) is 20.7 Å². The van der Waals surface area contributed by atoms with E-state index in [0.29, 0.717) is 28.9 Å². The third kappa shape index (κ3) is 5.39. The summed E-state index contributed by atoms with van der Waals surface area (Å²) in [5.74, 6) is -1.07. The Labute approximate surface area is 215 Å². The van der Waals surface area contributed by atoms with Gasteiger partial charge in [0.1, 0.15) is 30.8 Å². The minimum absolute atomic E-state index is 0.163. The topological polar surface area (TPSA) is 151 Å². The Morgan fingerprint density at radius 3 is 2.92 bits per heavy atom. The normalized spacial score (nSPS) is 18.5. The molecule has 0 bridgehead atoms. The zero-order valence-corrected chi connectivity index (χ0v) is 20.2. The molecule has 1 N–H and O–H groups in total. The van der Waals surface area contributed by atoms with Crippen molar-refractivity contribution in [2.75, 3.05) is 24.6 Å². The van der Waals surface area contributed by atoms with Gasteiger partial charge in [-0.1, -0.05) is 0 Å². The first kappa shape index (κ1) is 25.1. The van der Waals surface area contributed by atoms with Crippen LogP contribution in [0.2, 0.25) is 0 Å². The van der Waals surface area contributed by atoms with Crippen LogP contribution < -0.4 is 15.0 Å². The number of hydrogen-bond acceptors (Lipinski definition) is 9. The molecule has 14 heteroatoms. The number of imidazole rings is 1. The number of benzene rings is 1. The van der Waals surface area contributed by atoms with Gasteiger partial charge in [-0.25, -0.2) is 9.18 Å². The predicted molar refractivity (Wildman–Crippen MR) is 129 cm³/mol. The molecule has 0 saturated carbocycles. The molecule has 5 rings (SSSR count). The Kier molecular flexibility index (Phi) is 6.87. The average Bonchev–Trinajstić information content (AvgIpc) is 3.49. The summed E-state index contributed by atoms with van der Waals surface area (Å²) in [7, 11) is 0.